The minimum absolute atomic E-state index is 0.291. The number of amides is 1. The summed E-state index contributed by atoms with van der Waals surface area (Å²) in [6.45, 7) is 0. The number of carbonyl (C=O) groups excluding carboxylic acids is 1. The van der Waals surface area contributed by atoms with Crippen LogP contribution in [0.15, 0.2) is 36.5 Å². The van der Waals surface area contributed by atoms with E-state index in [0.717, 1.165) is 9.26 Å². The number of halogens is 2. The van der Waals surface area contributed by atoms with Crippen molar-refractivity contribution in [2.75, 3.05) is 17.7 Å². The van der Waals surface area contributed by atoms with Crippen molar-refractivity contribution in [3.63, 3.8) is 0 Å². The smallest absolute Gasteiger partial charge is 0.274 e. The Morgan fingerprint density at radius 3 is 2.79 bits per heavy atom. The Kier molecular flexibility index (Phi) is 4.60. The average molecular weight is 388 g/mol. The van der Waals surface area contributed by atoms with Gasteiger partial charge in [-0.05, 0) is 52.9 Å². The predicted octanol–water partition coefficient (Wildman–Crippen LogP) is 3.63. The van der Waals surface area contributed by atoms with Gasteiger partial charge in [-0.3, -0.25) is 9.78 Å². The van der Waals surface area contributed by atoms with Gasteiger partial charge in [0, 0.05) is 22.5 Å². The van der Waals surface area contributed by atoms with Gasteiger partial charge in [0.25, 0.3) is 5.91 Å². The van der Waals surface area contributed by atoms with E-state index in [9.17, 15) is 4.79 Å². The number of rotatable bonds is 3. The molecular formula is C13H11ClIN3O. The number of hydrogen-bond donors (Lipinski definition) is 2. The third kappa shape index (κ3) is 3.57. The SMILES string of the molecule is CNc1ccnc(C(=O)Nc2ccc(I)cc2Cl)c1. The van der Waals surface area contributed by atoms with Crippen LogP contribution in [0, 0.1) is 3.57 Å². The summed E-state index contributed by atoms with van der Waals surface area (Å²) in [6.07, 6.45) is 1.58. The summed E-state index contributed by atoms with van der Waals surface area (Å²) in [6, 6.07) is 8.89. The molecule has 0 spiro atoms. The highest BCUT2D eigenvalue weighted by Crippen LogP contribution is 2.24. The Morgan fingerprint density at radius 2 is 2.11 bits per heavy atom. The number of carbonyl (C=O) groups is 1. The molecular weight excluding hydrogens is 377 g/mol. The first-order chi connectivity index (χ1) is 9.10. The topological polar surface area (TPSA) is 54.0 Å². The van der Waals surface area contributed by atoms with Crippen molar-refractivity contribution in [2.24, 2.45) is 0 Å². The molecule has 0 fully saturated rings. The highest BCUT2D eigenvalue weighted by Gasteiger charge is 2.10. The molecule has 1 amide bonds. The fourth-order valence-electron chi connectivity index (χ4n) is 1.49. The third-order valence-electron chi connectivity index (χ3n) is 2.46. The molecule has 6 heteroatoms. The van der Waals surface area contributed by atoms with Gasteiger partial charge in [0.1, 0.15) is 5.69 Å². The van der Waals surface area contributed by atoms with Crippen LogP contribution in [0.3, 0.4) is 0 Å². The molecule has 19 heavy (non-hydrogen) atoms. The number of aromatic nitrogens is 1. The number of pyridine rings is 1. The van der Waals surface area contributed by atoms with Gasteiger partial charge in [-0.15, -0.1) is 0 Å². The summed E-state index contributed by atoms with van der Waals surface area (Å²) in [7, 11) is 1.78. The lowest BCUT2D eigenvalue weighted by atomic mass is 10.2. The van der Waals surface area contributed by atoms with Crippen LogP contribution in [0.1, 0.15) is 10.5 Å². The summed E-state index contributed by atoms with van der Waals surface area (Å²) in [5, 5.41) is 6.20. The Balaban J connectivity index is 2.20. The number of hydrogen-bond acceptors (Lipinski definition) is 3. The Bertz CT molecular complexity index is 619. The summed E-state index contributed by atoms with van der Waals surface area (Å²) in [5.41, 5.74) is 1.74. The molecule has 0 bridgehead atoms. The minimum Gasteiger partial charge on any atom is -0.388 e. The summed E-state index contributed by atoms with van der Waals surface area (Å²) < 4.78 is 1.01. The van der Waals surface area contributed by atoms with Crippen molar-refractivity contribution in [2.45, 2.75) is 0 Å². The molecule has 0 saturated carbocycles. The molecule has 0 unspecified atom stereocenters. The molecule has 1 heterocycles. The van der Waals surface area contributed by atoms with E-state index in [4.69, 9.17) is 11.6 Å². The standard InChI is InChI=1S/C13H11ClIN3O/c1-16-9-4-5-17-12(7-9)13(19)18-11-3-2-8(15)6-10(11)14/h2-7H,1H3,(H,16,17)(H,18,19). The maximum Gasteiger partial charge on any atom is 0.274 e. The first kappa shape index (κ1) is 14.1. The molecule has 0 saturated heterocycles. The fraction of sp³-hybridized carbons (Fsp3) is 0.0769. The second-order valence-electron chi connectivity index (χ2n) is 3.76. The lowest BCUT2D eigenvalue weighted by Gasteiger charge is -2.08. The van der Waals surface area contributed by atoms with Crippen molar-refractivity contribution in [1.29, 1.82) is 0 Å². The summed E-state index contributed by atoms with van der Waals surface area (Å²) >= 11 is 8.23. The van der Waals surface area contributed by atoms with Gasteiger partial charge in [0.05, 0.1) is 10.7 Å². The highest BCUT2D eigenvalue weighted by atomic mass is 127. The van der Waals surface area contributed by atoms with E-state index < -0.39 is 0 Å². The monoisotopic (exact) mass is 387 g/mol. The lowest BCUT2D eigenvalue weighted by Crippen LogP contribution is -2.14. The zero-order valence-corrected chi connectivity index (χ0v) is 13.0. The molecule has 0 aliphatic rings. The lowest BCUT2D eigenvalue weighted by molar-refractivity contribution is 0.102. The maximum absolute atomic E-state index is 12.1. The molecule has 2 aromatic rings. The van der Waals surface area contributed by atoms with Crippen molar-refractivity contribution >= 4 is 51.5 Å². The molecule has 2 rings (SSSR count). The Labute approximate surface area is 129 Å². The van der Waals surface area contributed by atoms with Crippen molar-refractivity contribution < 1.29 is 4.79 Å². The Hall–Kier alpha value is -1.34. The summed E-state index contributed by atoms with van der Waals surface area (Å²) in [4.78, 5) is 16.1. The molecule has 1 aromatic heterocycles. The van der Waals surface area contributed by atoms with E-state index in [1.165, 1.54) is 0 Å². The molecule has 2 N–H and O–H groups in total. The Morgan fingerprint density at radius 1 is 1.32 bits per heavy atom. The first-order valence-corrected chi connectivity index (χ1v) is 6.96. The zero-order valence-electron chi connectivity index (χ0n) is 10.1. The van der Waals surface area contributed by atoms with Gasteiger partial charge in [0.2, 0.25) is 0 Å². The van der Waals surface area contributed by atoms with E-state index >= 15 is 0 Å². The quantitative estimate of drug-likeness (QED) is 0.791. The van der Waals surface area contributed by atoms with Gasteiger partial charge >= 0.3 is 0 Å². The molecule has 4 nitrogen and oxygen atoms in total. The minimum atomic E-state index is -0.291. The predicted molar refractivity (Wildman–Crippen MR) is 85.9 cm³/mol. The van der Waals surface area contributed by atoms with Crippen LogP contribution < -0.4 is 10.6 Å². The number of nitrogens with one attached hydrogen (secondary N) is 2. The second-order valence-corrected chi connectivity index (χ2v) is 5.41. The van der Waals surface area contributed by atoms with Crippen LogP contribution in [-0.4, -0.2) is 17.9 Å². The number of anilines is 2. The van der Waals surface area contributed by atoms with E-state index in [0.29, 0.717) is 16.4 Å². The zero-order chi connectivity index (χ0) is 13.8. The van der Waals surface area contributed by atoms with Crippen molar-refractivity contribution in [3.8, 4) is 0 Å². The molecule has 1 aromatic carbocycles. The highest BCUT2D eigenvalue weighted by molar-refractivity contribution is 14.1. The van der Waals surface area contributed by atoms with Crippen LogP contribution in [0.5, 0.6) is 0 Å². The summed E-state index contributed by atoms with van der Waals surface area (Å²) in [5.74, 6) is -0.291. The molecule has 0 aliphatic carbocycles. The molecule has 98 valence electrons. The largest absolute Gasteiger partial charge is 0.388 e. The van der Waals surface area contributed by atoms with Gasteiger partial charge in [-0.2, -0.15) is 0 Å². The van der Waals surface area contributed by atoms with E-state index in [2.05, 4.69) is 38.2 Å². The van der Waals surface area contributed by atoms with E-state index in [1.54, 1.807) is 37.5 Å². The second kappa shape index (κ2) is 6.21. The van der Waals surface area contributed by atoms with Crippen LogP contribution in [-0.2, 0) is 0 Å². The van der Waals surface area contributed by atoms with Crippen LogP contribution >= 0.6 is 34.2 Å². The van der Waals surface area contributed by atoms with Gasteiger partial charge < -0.3 is 10.6 Å². The molecule has 0 atom stereocenters. The molecule has 0 radical (unpaired) electrons. The number of nitrogens with zero attached hydrogens (tertiary/aromatic N) is 1. The third-order valence-corrected chi connectivity index (χ3v) is 3.44. The molecule has 0 aliphatic heterocycles. The van der Waals surface area contributed by atoms with E-state index in [-0.39, 0.29) is 5.91 Å². The van der Waals surface area contributed by atoms with Gasteiger partial charge in [0.15, 0.2) is 0 Å². The average Bonchev–Trinajstić information content (AvgIpc) is 2.42. The van der Waals surface area contributed by atoms with Crippen LogP contribution in [0.25, 0.3) is 0 Å². The van der Waals surface area contributed by atoms with Crippen molar-refractivity contribution in [1.82, 2.24) is 4.98 Å². The van der Waals surface area contributed by atoms with Crippen LogP contribution in [0.2, 0.25) is 5.02 Å². The normalized spacial score (nSPS) is 10.1. The fourth-order valence-corrected chi connectivity index (χ4v) is 2.39. The van der Waals surface area contributed by atoms with Gasteiger partial charge in [-0.1, -0.05) is 11.6 Å². The van der Waals surface area contributed by atoms with E-state index in [1.807, 2.05) is 6.07 Å². The van der Waals surface area contributed by atoms with Gasteiger partial charge in [-0.25, -0.2) is 0 Å². The van der Waals surface area contributed by atoms with Crippen molar-refractivity contribution in [3.05, 3.63) is 50.8 Å². The van der Waals surface area contributed by atoms with Crippen LogP contribution in [0.4, 0.5) is 11.4 Å². The number of benzene rings is 1. The first-order valence-electron chi connectivity index (χ1n) is 5.50. The maximum atomic E-state index is 12.1.